The maximum atomic E-state index is 9.49. The standard InChI is InChI=1S/C19H17N3/c1-13-8-14(2)10-16(9-13)22-12-18(17(11-20)19(22)21)15-6-4-3-5-7-15/h3-10,12H,21H2,1-2H3. The summed E-state index contributed by atoms with van der Waals surface area (Å²) in [5.74, 6) is 0.478. The fraction of sp³-hybridized carbons (Fsp3) is 0.105. The molecule has 0 saturated carbocycles. The van der Waals surface area contributed by atoms with Crippen LogP contribution < -0.4 is 5.73 Å². The molecule has 0 atom stereocenters. The van der Waals surface area contributed by atoms with Crippen molar-refractivity contribution in [2.75, 3.05) is 5.73 Å². The van der Waals surface area contributed by atoms with Gasteiger partial charge in [0.1, 0.15) is 17.5 Å². The number of rotatable bonds is 2. The van der Waals surface area contributed by atoms with Gasteiger partial charge >= 0.3 is 0 Å². The van der Waals surface area contributed by atoms with Crippen molar-refractivity contribution in [2.24, 2.45) is 0 Å². The summed E-state index contributed by atoms with van der Waals surface area (Å²) >= 11 is 0. The van der Waals surface area contributed by atoms with E-state index in [0.717, 1.165) is 16.8 Å². The molecule has 2 N–H and O–H groups in total. The zero-order chi connectivity index (χ0) is 15.7. The first-order chi connectivity index (χ1) is 10.6. The van der Waals surface area contributed by atoms with Crippen molar-refractivity contribution in [1.82, 2.24) is 4.57 Å². The highest BCUT2D eigenvalue weighted by atomic mass is 15.0. The molecule has 0 aliphatic heterocycles. The molecule has 3 aromatic rings. The third kappa shape index (κ3) is 2.36. The van der Waals surface area contributed by atoms with Crippen molar-refractivity contribution in [1.29, 1.82) is 5.26 Å². The van der Waals surface area contributed by atoms with Gasteiger partial charge in [0.25, 0.3) is 0 Å². The molecule has 0 fully saturated rings. The highest BCUT2D eigenvalue weighted by molar-refractivity contribution is 5.77. The Morgan fingerprint density at radius 3 is 2.23 bits per heavy atom. The van der Waals surface area contributed by atoms with Crippen LogP contribution in [-0.4, -0.2) is 4.57 Å². The van der Waals surface area contributed by atoms with Gasteiger partial charge in [0.15, 0.2) is 0 Å². The summed E-state index contributed by atoms with van der Waals surface area (Å²) in [6.45, 7) is 4.11. The molecule has 0 amide bonds. The molecule has 0 aliphatic rings. The highest BCUT2D eigenvalue weighted by Gasteiger charge is 2.15. The van der Waals surface area contributed by atoms with E-state index in [0.29, 0.717) is 11.4 Å². The molecule has 0 spiro atoms. The van der Waals surface area contributed by atoms with Crippen LogP contribution in [0.5, 0.6) is 0 Å². The number of benzene rings is 2. The molecule has 108 valence electrons. The van der Waals surface area contributed by atoms with E-state index in [4.69, 9.17) is 5.73 Å². The first-order valence-corrected chi connectivity index (χ1v) is 7.15. The van der Waals surface area contributed by atoms with Crippen molar-refractivity contribution < 1.29 is 0 Å². The predicted molar refractivity (Wildman–Crippen MR) is 89.8 cm³/mol. The molecular formula is C19H17N3. The fourth-order valence-corrected chi connectivity index (χ4v) is 2.78. The van der Waals surface area contributed by atoms with E-state index >= 15 is 0 Å². The molecule has 0 bridgehead atoms. The number of nitrogens with zero attached hydrogens (tertiary/aromatic N) is 2. The van der Waals surface area contributed by atoms with Gasteiger partial charge in [-0.25, -0.2) is 0 Å². The average Bonchev–Trinajstić information content (AvgIpc) is 2.84. The second-order valence-electron chi connectivity index (χ2n) is 5.50. The minimum atomic E-state index is 0.478. The van der Waals surface area contributed by atoms with Gasteiger partial charge in [-0.05, 0) is 42.7 Å². The molecule has 0 saturated heterocycles. The minimum Gasteiger partial charge on any atom is -0.384 e. The molecule has 1 aromatic heterocycles. The Kier molecular flexibility index (Phi) is 3.44. The van der Waals surface area contributed by atoms with Crippen molar-refractivity contribution in [3.63, 3.8) is 0 Å². The van der Waals surface area contributed by atoms with Crippen molar-refractivity contribution in [2.45, 2.75) is 13.8 Å². The topological polar surface area (TPSA) is 54.7 Å². The van der Waals surface area contributed by atoms with Crippen LogP contribution in [0.15, 0.2) is 54.7 Å². The molecule has 22 heavy (non-hydrogen) atoms. The van der Waals surface area contributed by atoms with E-state index in [-0.39, 0.29) is 0 Å². The predicted octanol–water partition coefficient (Wildman–Crippen LogP) is 4.22. The summed E-state index contributed by atoms with van der Waals surface area (Å²) in [4.78, 5) is 0. The minimum absolute atomic E-state index is 0.478. The van der Waals surface area contributed by atoms with Crippen molar-refractivity contribution in [3.05, 3.63) is 71.4 Å². The Morgan fingerprint density at radius 2 is 1.64 bits per heavy atom. The SMILES string of the molecule is Cc1cc(C)cc(-n2cc(-c3ccccc3)c(C#N)c2N)c1. The number of nitrogen functional groups attached to an aromatic ring is 1. The summed E-state index contributed by atoms with van der Waals surface area (Å²) in [7, 11) is 0. The maximum absolute atomic E-state index is 9.49. The molecular weight excluding hydrogens is 270 g/mol. The summed E-state index contributed by atoms with van der Waals surface area (Å²) in [5.41, 5.74) is 11.9. The van der Waals surface area contributed by atoms with E-state index < -0.39 is 0 Å². The third-order valence-corrected chi connectivity index (χ3v) is 3.72. The van der Waals surface area contributed by atoms with E-state index in [2.05, 4.69) is 38.1 Å². The Bertz CT molecular complexity index is 847. The lowest BCUT2D eigenvalue weighted by Gasteiger charge is -2.08. The van der Waals surface area contributed by atoms with Crippen LogP contribution in [0.1, 0.15) is 16.7 Å². The van der Waals surface area contributed by atoms with Crippen molar-refractivity contribution >= 4 is 5.82 Å². The maximum Gasteiger partial charge on any atom is 0.126 e. The zero-order valence-electron chi connectivity index (χ0n) is 12.7. The Morgan fingerprint density at radius 1 is 1.00 bits per heavy atom. The molecule has 3 heteroatoms. The number of aromatic nitrogens is 1. The van der Waals surface area contributed by atoms with Gasteiger partial charge < -0.3 is 10.3 Å². The van der Waals surface area contributed by atoms with E-state index in [9.17, 15) is 5.26 Å². The summed E-state index contributed by atoms with van der Waals surface area (Å²) in [6.07, 6.45) is 1.94. The summed E-state index contributed by atoms with van der Waals surface area (Å²) < 4.78 is 1.89. The monoisotopic (exact) mass is 287 g/mol. The number of hydrogen-bond acceptors (Lipinski definition) is 2. The molecule has 3 rings (SSSR count). The molecule has 3 nitrogen and oxygen atoms in total. The highest BCUT2D eigenvalue weighted by Crippen LogP contribution is 2.31. The zero-order valence-corrected chi connectivity index (χ0v) is 12.7. The number of hydrogen-bond donors (Lipinski definition) is 1. The number of aryl methyl sites for hydroxylation is 2. The van der Waals surface area contributed by atoms with Crippen LogP contribution in [0, 0.1) is 25.2 Å². The quantitative estimate of drug-likeness (QED) is 0.767. The van der Waals surface area contributed by atoms with Gasteiger partial charge in [0.05, 0.1) is 0 Å². The van der Waals surface area contributed by atoms with Crippen LogP contribution in [0.3, 0.4) is 0 Å². The lowest BCUT2D eigenvalue weighted by molar-refractivity contribution is 1.08. The largest absolute Gasteiger partial charge is 0.384 e. The Labute approximate surface area is 130 Å². The number of anilines is 1. The van der Waals surface area contributed by atoms with Crippen LogP contribution in [-0.2, 0) is 0 Å². The van der Waals surface area contributed by atoms with Crippen LogP contribution in [0.25, 0.3) is 16.8 Å². The van der Waals surface area contributed by atoms with Gasteiger partial charge in [-0.3, -0.25) is 0 Å². The molecule has 0 aliphatic carbocycles. The molecule has 2 aromatic carbocycles. The van der Waals surface area contributed by atoms with Crippen LogP contribution >= 0.6 is 0 Å². The average molecular weight is 287 g/mol. The van der Waals surface area contributed by atoms with Crippen molar-refractivity contribution in [3.8, 4) is 22.9 Å². The lowest BCUT2D eigenvalue weighted by Crippen LogP contribution is -2.00. The van der Waals surface area contributed by atoms with Gasteiger partial charge in [0.2, 0.25) is 0 Å². The second-order valence-corrected chi connectivity index (χ2v) is 5.50. The van der Waals surface area contributed by atoms with Crippen LogP contribution in [0.4, 0.5) is 5.82 Å². The van der Waals surface area contributed by atoms with Crippen LogP contribution in [0.2, 0.25) is 0 Å². The first kappa shape index (κ1) is 14.0. The molecule has 0 unspecified atom stereocenters. The smallest absolute Gasteiger partial charge is 0.126 e. The number of nitriles is 1. The van der Waals surface area contributed by atoms with E-state index in [1.54, 1.807) is 0 Å². The normalized spacial score (nSPS) is 10.4. The second kappa shape index (κ2) is 5.42. The summed E-state index contributed by atoms with van der Waals surface area (Å²) in [6, 6.07) is 18.3. The lowest BCUT2D eigenvalue weighted by atomic mass is 10.1. The summed E-state index contributed by atoms with van der Waals surface area (Å²) in [5, 5.41) is 9.49. The van der Waals surface area contributed by atoms with Gasteiger partial charge in [-0.15, -0.1) is 0 Å². The Balaban J connectivity index is 2.23. The van der Waals surface area contributed by atoms with Gasteiger partial charge in [0, 0.05) is 17.4 Å². The Hall–Kier alpha value is -2.99. The fourth-order valence-electron chi connectivity index (χ4n) is 2.78. The third-order valence-electron chi connectivity index (χ3n) is 3.72. The molecule has 0 radical (unpaired) electrons. The first-order valence-electron chi connectivity index (χ1n) is 7.15. The number of nitrogens with two attached hydrogens (primary N) is 1. The van der Waals surface area contributed by atoms with E-state index in [1.807, 2.05) is 41.1 Å². The molecule has 1 heterocycles. The van der Waals surface area contributed by atoms with E-state index in [1.165, 1.54) is 11.1 Å². The van der Waals surface area contributed by atoms with Gasteiger partial charge in [-0.2, -0.15) is 5.26 Å². The van der Waals surface area contributed by atoms with Gasteiger partial charge in [-0.1, -0.05) is 36.4 Å².